The van der Waals surface area contributed by atoms with E-state index in [1.54, 1.807) is 12.4 Å². The molecule has 2 heterocycles. The third-order valence-electron chi connectivity index (χ3n) is 6.25. The molecule has 4 rings (SSSR count). The summed E-state index contributed by atoms with van der Waals surface area (Å²) in [4.78, 5) is 32.8. The first-order valence-electron chi connectivity index (χ1n) is 10.9. The summed E-state index contributed by atoms with van der Waals surface area (Å²) >= 11 is 0. The molecule has 0 spiro atoms. The minimum absolute atomic E-state index is 0.0812. The lowest BCUT2D eigenvalue weighted by molar-refractivity contribution is -0.144. The van der Waals surface area contributed by atoms with Crippen LogP contribution in [0.1, 0.15) is 56.1 Å². The molecule has 3 atom stereocenters. The second-order valence-electron chi connectivity index (χ2n) is 8.34. The molecule has 3 unspecified atom stereocenters. The fraction of sp³-hybridized carbons (Fsp3) is 0.346. The van der Waals surface area contributed by atoms with Gasteiger partial charge in [-0.1, -0.05) is 43.3 Å². The summed E-state index contributed by atoms with van der Waals surface area (Å²) in [5.41, 5.74) is 4.16. The number of ether oxygens (including phenoxy) is 1. The lowest BCUT2D eigenvalue weighted by Gasteiger charge is -2.38. The molecular formula is C26H28N2O3. The zero-order valence-electron chi connectivity index (χ0n) is 18.2. The number of rotatable bonds is 5. The number of esters is 1. The van der Waals surface area contributed by atoms with Crippen LogP contribution < -0.4 is 0 Å². The minimum Gasteiger partial charge on any atom is -0.459 e. The van der Waals surface area contributed by atoms with Crippen LogP contribution in [-0.2, 0) is 14.3 Å². The fourth-order valence-electron chi connectivity index (χ4n) is 4.45. The van der Waals surface area contributed by atoms with Gasteiger partial charge in [-0.3, -0.25) is 9.78 Å². The van der Waals surface area contributed by atoms with Crippen molar-refractivity contribution in [1.29, 1.82) is 0 Å². The number of carbonyl (C=O) groups is 2. The number of carbonyl (C=O) groups excluding carboxylic acids is 2. The van der Waals surface area contributed by atoms with Crippen LogP contribution in [0.25, 0.3) is 0 Å². The largest absolute Gasteiger partial charge is 0.459 e. The van der Waals surface area contributed by atoms with Gasteiger partial charge < -0.3 is 9.64 Å². The van der Waals surface area contributed by atoms with E-state index < -0.39 is 5.92 Å². The van der Waals surface area contributed by atoms with Gasteiger partial charge in [0.2, 0.25) is 0 Å². The highest BCUT2D eigenvalue weighted by atomic mass is 16.5. The Hall–Kier alpha value is -3.21. The van der Waals surface area contributed by atoms with E-state index in [9.17, 15) is 9.59 Å². The predicted molar refractivity (Wildman–Crippen MR) is 119 cm³/mol. The van der Waals surface area contributed by atoms with Crippen molar-refractivity contribution in [3.63, 3.8) is 0 Å². The molecule has 1 aliphatic heterocycles. The van der Waals surface area contributed by atoms with Crippen molar-refractivity contribution in [3.05, 3.63) is 89.0 Å². The first kappa shape index (κ1) is 21.0. The molecule has 1 aromatic carbocycles. The van der Waals surface area contributed by atoms with Crippen LogP contribution in [0.4, 0.5) is 0 Å². The van der Waals surface area contributed by atoms with Gasteiger partial charge in [-0.2, -0.15) is 0 Å². The molecule has 5 nitrogen and oxygen atoms in total. The molecule has 0 fully saturated rings. The first-order chi connectivity index (χ1) is 15.0. The van der Waals surface area contributed by atoms with E-state index in [2.05, 4.69) is 17.1 Å². The van der Waals surface area contributed by atoms with Crippen LogP contribution in [0.3, 0.4) is 0 Å². The third kappa shape index (κ3) is 4.18. The Balaban J connectivity index is 1.76. The van der Waals surface area contributed by atoms with Gasteiger partial charge in [-0.05, 0) is 42.9 Å². The molecule has 1 aromatic heterocycles. The van der Waals surface area contributed by atoms with E-state index in [-0.39, 0.29) is 23.8 Å². The second-order valence-corrected chi connectivity index (χ2v) is 8.34. The van der Waals surface area contributed by atoms with Crippen molar-refractivity contribution in [2.75, 3.05) is 7.05 Å². The number of nitrogens with zero attached hydrogens (tertiary/aromatic N) is 2. The summed E-state index contributed by atoms with van der Waals surface area (Å²) in [6, 6.07) is 13.9. The highest BCUT2D eigenvalue weighted by Crippen LogP contribution is 2.46. The standard InChI is InChI=1S/C26H28N2O3/c1-4-17(2)31-26(30)21-16-28(3)22-13-20(18-9-6-5-7-10-18)14-23(29)25(22)24(21)19-11-8-12-27-15-19/h5-12,15-17,20,24H,4,13-14H2,1-3H3. The number of aromatic nitrogens is 1. The molecule has 0 amide bonds. The summed E-state index contributed by atoms with van der Waals surface area (Å²) in [7, 11) is 1.91. The highest BCUT2D eigenvalue weighted by Gasteiger charge is 2.41. The number of hydrogen-bond acceptors (Lipinski definition) is 5. The molecule has 0 saturated carbocycles. The first-order valence-corrected chi connectivity index (χ1v) is 10.9. The number of hydrogen-bond donors (Lipinski definition) is 0. The van der Waals surface area contributed by atoms with Crippen LogP contribution in [-0.4, -0.2) is 34.8 Å². The van der Waals surface area contributed by atoms with Crippen LogP contribution >= 0.6 is 0 Å². The number of Topliss-reactive ketones (excluding diaryl/α,β-unsaturated/α-hetero) is 1. The number of benzene rings is 1. The van der Waals surface area contributed by atoms with E-state index in [1.165, 1.54) is 5.56 Å². The molecule has 160 valence electrons. The molecule has 2 aliphatic rings. The monoisotopic (exact) mass is 416 g/mol. The topological polar surface area (TPSA) is 59.5 Å². The van der Waals surface area contributed by atoms with E-state index in [0.29, 0.717) is 17.6 Å². The summed E-state index contributed by atoms with van der Waals surface area (Å²) in [5, 5.41) is 0. The van der Waals surface area contributed by atoms with Gasteiger partial charge >= 0.3 is 5.97 Å². The van der Waals surface area contributed by atoms with Crippen molar-refractivity contribution in [3.8, 4) is 0 Å². The lowest BCUT2D eigenvalue weighted by atomic mass is 9.72. The van der Waals surface area contributed by atoms with Crippen molar-refractivity contribution in [2.24, 2.45) is 0 Å². The maximum absolute atomic E-state index is 13.5. The molecule has 0 N–H and O–H groups in total. The van der Waals surface area contributed by atoms with Crippen molar-refractivity contribution >= 4 is 11.8 Å². The lowest BCUT2D eigenvalue weighted by Crippen LogP contribution is -2.35. The normalized spacial score (nSPS) is 22.0. The molecule has 2 aromatic rings. The van der Waals surface area contributed by atoms with Gasteiger partial charge in [0.15, 0.2) is 5.78 Å². The maximum atomic E-state index is 13.5. The smallest absolute Gasteiger partial charge is 0.336 e. The SMILES string of the molecule is CCC(C)OC(=O)C1=CN(C)C2=C(C(=O)CC(c3ccccc3)C2)C1c1cccnc1. The number of allylic oxidation sites excluding steroid dienone is 2. The average molecular weight is 417 g/mol. The molecule has 1 aliphatic carbocycles. The van der Waals surface area contributed by atoms with Gasteiger partial charge in [0.05, 0.1) is 11.7 Å². The van der Waals surface area contributed by atoms with Crippen LogP contribution in [0, 0.1) is 0 Å². The van der Waals surface area contributed by atoms with E-state index in [0.717, 1.165) is 24.1 Å². The van der Waals surface area contributed by atoms with E-state index in [1.807, 2.05) is 62.3 Å². The quantitative estimate of drug-likeness (QED) is 0.659. The number of ketones is 1. The number of pyridine rings is 1. The summed E-state index contributed by atoms with van der Waals surface area (Å²) in [5.74, 6) is -0.621. The zero-order valence-corrected chi connectivity index (χ0v) is 18.2. The van der Waals surface area contributed by atoms with Gasteiger partial charge in [-0.25, -0.2) is 4.79 Å². The maximum Gasteiger partial charge on any atom is 0.336 e. The van der Waals surface area contributed by atoms with Gasteiger partial charge in [0, 0.05) is 49.3 Å². The Morgan fingerprint density at radius 2 is 1.90 bits per heavy atom. The Morgan fingerprint density at radius 3 is 2.58 bits per heavy atom. The zero-order chi connectivity index (χ0) is 22.0. The molecule has 0 radical (unpaired) electrons. The Morgan fingerprint density at radius 1 is 1.16 bits per heavy atom. The second kappa shape index (κ2) is 8.88. The molecule has 0 bridgehead atoms. The minimum atomic E-state index is -0.458. The van der Waals surface area contributed by atoms with Crippen molar-refractivity contribution in [1.82, 2.24) is 9.88 Å². The highest BCUT2D eigenvalue weighted by molar-refractivity contribution is 6.03. The fourth-order valence-corrected chi connectivity index (χ4v) is 4.45. The third-order valence-corrected chi connectivity index (χ3v) is 6.25. The van der Waals surface area contributed by atoms with E-state index >= 15 is 0 Å². The summed E-state index contributed by atoms with van der Waals surface area (Å²) in [6.45, 7) is 3.86. The van der Waals surface area contributed by atoms with Gasteiger partial charge in [0.25, 0.3) is 0 Å². The van der Waals surface area contributed by atoms with Gasteiger partial charge in [-0.15, -0.1) is 0 Å². The van der Waals surface area contributed by atoms with Crippen molar-refractivity contribution in [2.45, 2.75) is 51.0 Å². The average Bonchev–Trinajstić information content (AvgIpc) is 2.80. The molecule has 0 saturated heterocycles. The summed E-state index contributed by atoms with van der Waals surface area (Å²) < 4.78 is 5.66. The van der Waals surface area contributed by atoms with Gasteiger partial charge in [0.1, 0.15) is 0 Å². The Labute approximate surface area is 183 Å². The molecular weight excluding hydrogens is 388 g/mol. The Kier molecular flexibility index (Phi) is 6.03. The molecule has 5 heteroatoms. The van der Waals surface area contributed by atoms with Crippen LogP contribution in [0.15, 0.2) is 77.9 Å². The van der Waals surface area contributed by atoms with E-state index in [4.69, 9.17) is 4.74 Å². The Bertz CT molecular complexity index is 1030. The molecule has 31 heavy (non-hydrogen) atoms. The summed E-state index contributed by atoms with van der Waals surface area (Å²) in [6.07, 6.45) is 7.00. The van der Waals surface area contributed by atoms with Crippen molar-refractivity contribution < 1.29 is 14.3 Å². The predicted octanol–water partition coefficient (Wildman–Crippen LogP) is 4.74. The van der Waals surface area contributed by atoms with Crippen LogP contribution in [0.2, 0.25) is 0 Å². The van der Waals surface area contributed by atoms with Crippen LogP contribution in [0.5, 0.6) is 0 Å².